The minimum absolute atomic E-state index is 0.221. The lowest BCUT2D eigenvalue weighted by atomic mass is 10.0. The summed E-state index contributed by atoms with van der Waals surface area (Å²) >= 11 is 0. The van der Waals surface area contributed by atoms with Gasteiger partial charge in [-0.2, -0.15) is 0 Å². The molecule has 0 fully saturated rings. The Kier molecular flexibility index (Phi) is 3.23. The van der Waals surface area contributed by atoms with E-state index in [1.807, 2.05) is 13.0 Å². The van der Waals surface area contributed by atoms with Crippen LogP contribution in [-0.2, 0) is 6.42 Å². The van der Waals surface area contributed by atoms with Crippen molar-refractivity contribution in [3.63, 3.8) is 0 Å². The van der Waals surface area contributed by atoms with E-state index in [0.717, 1.165) is 11.8 Å². The highest BCUT2D eigenvalue weighted by molar-refractivity contribution is 6.08. The van der Waals surface area contributed by atoms with E-state index in [9.17, 15) is 9.18 Å². The maximum Gasteiger partial charge on any atom is 0.213 e. The lowest BCUT2D eigenvalue weighted by Gasteiger charge is -2.05. The van der Waals surface area contributed by atoms with E-state index in [0.29, 0.717) is 12.1 Å². The molecule has 2 aromatic rings. The first-order chi connectivity index (χ1) is 8.22. The van der Waals surface area contributed by atoms with Crippen molar-refractivity contribution in [2.75, 3.05) is 0 Å². The highest BCUT2D eigenvalue weighted by Crippen LogP contribution is 2.12. The zero-order valence-electron chi connectivity index (χ0n) is 9.35. The van der Waals surface area contributed by atoms with E-state index in [-0.39, 0.29) is 11.3 Å². The van der Waals surface area contributed by atoms with E-state index in [2.05, 4.69) is 9.97 Å². The Morgan fingerprint density at radius 1 is 1.41 bits per heavy atom. The molecule has 3 nitrogen and oxygen atoms in total. The Morgan fingerprint density at radius 3 is 2.94 bits per heavy atom. The molecule has 0 aliphatic carbocycles. The van der Waals surface area contributed by atoms with Crippen LogP contribution in [0.4, 0.5) is 4.39 Å². The van der Waals surface area contributed by atoms with E-state index in [1.54, 1.807) is 12.3 Å². The van der Waals surface area contributed by atoms with Crippen LogP contribution in [0.15, 0.2) is 36.8 Å². The van der Waals surface area contributed by atoms with Crippen molar-refractivity contribution < 1.29 is 9.18 Å². The third-order valence-electron chi connectivity index (χ3n) is 2.45. The normalized spacial score (nSPS) is 10.2. The van der Waals surface area contributed by atoms with Crippen molar-refractivity contribution in [1.82, 2.24) is 9.97 Å². The molecule has 0 amide bonds. The molecular weight excluding hydrogens is 219 g/mol. The summed E-state index contributed by atoms with van der Waals surface area (Å²) < 4.78 is 13.0. The molecule has 4 heteroatoms. The molecule has 0 unspecified atom stereocenters. The number of hydrogen-bond acceptors (Lipinski definition) is 3. The summed E-state index contributed by atoms with van der Waals surface area (Å²) in [4.78, 5) is 19.8. The van der Waals surface area contributed by atoms with Gasteiger partial charge in [0.05, 0.1) is 6.20 Å². The number of aromatic nitrogens is 2. The van der Waals surface area contributed by atoms with Crippen molar-refractivity contribution >= 4 is 5.78 Å². The van der Waals surface area contributed by atoms with Gasteiger partial charge in [-0.1, -0.05) is 13.0 Å². The molecular formula is C13H11FN2O. The van der Waals surface area contributed by atoms with Crippen LogP contribution in [0, 0.1) is 5.82 Å². The van der Waals surface area contributed by atoms with Gasteiger partial charge in [0.2, 0.25) is 5.78 Å². The van der Waals surface area contributed by atoms with Crippen LogP contribution in [0.5, 0.6) is 0 Å². The van der Waals surface area contributed by atoms with E-state index in [4.69, 9.17) is 0 Å². The first-order valence-electron chi connectivity index (χ1n) is 5.31. The second-order valence-corrected chi connectivity index (χ2v) is 3.59. The molecule has 17 heavy (non-hydrogen) atoms. The highest BCUT2D eigenvalue weighted by Gasteiger charge is 2.14. The van der Waals surface area contributed by atoms with Gasteiger partial charge in [0.15, 0.2) is 0 Å². The van der Waals surface area contributed by atoms with Crippen LogP contribution in [0.3, 0.4) is 0 Å². The summed E-state index contributed by atoms with van der Waals surface area (Å²) in [6, 6.07) is 4.79. The number of carbonyl (C=O) groups excluding carboxylic acids is 1. The Morgan fingerprint density at radius 2 is 2.24 bits per heavy atom. The number of rotatable bonds is 3. The number of aryl methyl sites for hydroxylation is 1. The smallest absolute Gasteiger partial charge is 0.213 e. The molecule has 0 spiro atoms. The van der Waals surface area contributed by atoms with Crippen LogP contribution >= 0.6 is 0 Å². The van der Waals surface area contributed by atoms with Gasteiger partial charge in [-0.3, -0.25) is 14.8 Å². The number of halogens is 1. The Labute approximate surface area is 98.3 Å². The summed E-state index contributed by atoms with van der Waals surface area (Å²) in [5.41, 5.74) is 1.43. The van der Waals surface area contributed by atoms with Gasteiger partial charge in [0.1, 0.15) is 11.5 Å². The quantitative estimate of drug-likeness (QED) is 0.760. The third-order valence-corrected chi connectivity index (χ3v) is 2.45. The SMILES string of the molecule is CCc1cccnc1C(=O)c1cncc(F)c1. The van der Waals surface area contributed by atoms with Crippen LogP contribution in [0.2, 0.25) is 0 Å². The highest BCUT2D eigenvalue weighted by atomic mass is 19.1. The molecule has 0 aliphatic rings. The molecule has 2 aromatic heterocycles. The predicted octanol–water partition coefficient (Wildman–Crippen LogP) is 2.41. The standard InChI is InChI=1S/C13H11FN2O/c1-2-9-4-3-5-16-12(9)13(17)10-6-11(14)8-15-7-10/h3-8H,2H2,1H3. The monoisotopic (exact) mass is 230 g/mol. The van der Waals surface area contributed by atoms with Gasteiger partial charge in [-0.25, -0.2) is 4.39 Å². The molecule has 86 valence electrons. The molecule has 0 radical (unpaired) electrons. The summed E-state index contributed by atoms with van der Waals surface area (Å²) in [5, 5.41) is 0. The fourth-order valence-electron chi connectivity index (χ4n) is 1.60. The molecule has 0 aromatic carbocycles. The Hall–Kier alpha value is -2.10. The molecule has 0 aliphatic heterocycles. The average Bonchev–Trinajstić information content (AvgIpc) is 2.38. The molecule has 0 saturated carbocycles. The van der Waals surface area contributed by atoms with Gasteiger partial charge < -0.3 is 0 Å². The lowest BCUT2D eigenvalue weighted by Crippen LogP contribution is -2.08. The molecule has 0 bridgehead atoms. The van der Waals surface area contributed by atoms with Gasteiger partial charge in [-0.05, 0) is 24.1 Å². The minimum atomic E-state index is -0.523. The Bertz CT molecular complexity index is 555. The first-order valence-corrected chi connectivity index (χ1v) is 5.31. The van der Waals surface area contributed by atoms with Gasteiger partial charge in [0.25, 0.3) is 0 Å². The number of ketones is 1. The largest absolute Gasteiger partial charge is 0.287 e. The fourth-order valence-corrected chi connectivity index (χ4v) is 1.60. The third kappa shape index (κ3) is 2.36. The van der Waals surface area contributed by atoms with Crippen molar-refractivity contribution in [1.29, 1.82) is 0 Å². The van der Waals surface area contributed by atoms with Crippen molar-refractivity contribution in [2.45, 2.75) is 13.3 Å². The molecule has 0 atom stereocenters. The lowest BCUT2D eigenvalue weighted by molar-refractivity contribution is 0.103. The van der Waals surface area contributed by atoms with E-state index in [1.165, 1.54) is 12.3 Å². The van der Waals surface area contributed by atoms with E-state index < -0.39 is 5.82 Å². The van der Waals surface area contributed by atoms with Crippen molar-refractivity contribution in [2.24, 2.45) is 0 Å². The van der Waals surface area contributed by atoms with Crippen LogP contribution < -0.4 is 0 Å². The number of carbonyl (C=O) groups is 1. The summed E-state index contributed by atoms with van der Waals surface area (Å²) in [5.74, 6) is -0.820. The zero-order valence-corrected chi connectivity index (χ0v) is 9.35. The number of pyridine rings is 2. The van der Waals surface area contributed by atoms with Gasteiger partial charge in [-0.15, -0.1) is 0 Å². The van der Waals surface area contributed by atoms with Gasteiger partial charge >= 0.3 is 0 Å². The van der Waals surface area contributed by atoms with Crippen LogP contribution in [0.25, 0.3) is 0 Å². The molecule has 2 heterocycles. The molecule has 2 rings (SSSR count). The first kappa shape index (κ1) is 11.4. The van der Waals surface area contributed by atoms with Gasteiger partial charge in [0, 0.05) is 18.0 Å². The summed E-state index contributed by atoms with van der Waals surface area (Å²) in [6.45, 7) is 1.94. The summed E-state index contributed by atoms with van der Waals surface area (Å²) in [7, 11) is 0. The van der Waals surface area contributed by atoms with Crippen LogP contribution in [-0.4, -0.2) is 15.8 Å². The number of hydrogen-bond donors (Lipinski definition) is 0. The van der Waals surface area contributed by atoms with Crippen LogP contribution in [0.1, 0.15) is 28.5 Å². The maximum atomic E-state index is 13.0. The van der Waals surface area contributed by atoms with E-state index >= 15 is 0 Å². The minimum Gasteiger partial charge on any atom is -0.287 e. The molecule has 0 N–H and O–H groups in total. The molecule has 0 saturated heterocycles. The average molecular weight is 230 g/mol. The second kappa shape index (κ2) is 4.82. The number of nitrogens with zero attached hydrogens (tertiary/aromatic N) is 2. The second-order valence-electron chi connectivity index (χ2n) is 3.59. The zero-order chi connectivity index (χ0) is 12.3. The predicted molar refractivity (Wildman–Crippen MR) is 61.2 cm³/mol. The van der Waals surface area contributed by atoms with Crippen molar-refractivity contribution in [3.8, 4) is 0 Å². The van der Waals surface area contributed by atoms with Crippen molar-refractivity contribution in [3.05, 3.63) is 59.4 Å². The maximum absolute atomic E-state index is 13.0. The Balaban J connectivity index is 2.44. The fraction of sp³-hybridized carbons (Fsp3) is 0.154. The topological polar surface area (TPSA) is 42.9 Å². The summed E-state index contributed by atoms with van der Waals surface area (Å²) in [6.07, 6.45) is 4.67.